The maximum Gasteiger partial charge on any atom is 0.319 e. The smallest absolute Gasteiger partial charge is 0.319 e. The van der Waals surface area contributed by atoms with Gasteiger partial charge >= 0.3 is 6.03 Å². The fourth-order valence-corrected chi connectivity index (χ4v) is 2.90. The number of aromatic nitrogens is 4. The number of urea groups is 1. The van der Waals surface area contributed by atoms with Crippen molar-refractivity contribution < 1.29 is 9.53 Å². The molecule has 0 saturated carbocycles. The Kier molecular flexibility index (Phi) is 5.43. The van der Waals surface area contributed by atoms with E-state index in [0.29, 0.717) is 31.3 Å². The molecule has 28 heavy (non-hydrogen) atoms. The Hall–Kier alpha value is -3.46. The second-order valence-electron chi connectivity index (χ2n) is 6.29. The molecule has 0 aromatic carbocycles. The zero-order valence-corrected chi connectivity index (χ0v) is 15.3. The van der Waals surface area contributed by atoms with Crippen LogP contribution in [0.1, 0.15) is 5.56 Å². The Balaban J connectivity index is 1.30. The summed E-state index contributed by atoms with van der Waals surface area (Å²) in [6, 6.07) is 9.02. The summed E-state index contributed by atoms with van der Waals surface area (Å²) in [4.78, 5) is 23.0. The van der Waals surface area contributed by atoms with E-state index in [2.05, 4.69) is 30.6 Å². The first-order valence-electron chi connectivity index (χ1n) is 9.06. The van der Waals surface area contributed by atoms with E-state index >= 15 is 0 Å². The van der Waals surface area contributed by atoms with E-state index in [1.807, 2.05) is 36.5 Å². The van der Waals surface area contributed by atoms with Crippen LogP contribution in [0, 0.1) is 0 Å². The molecule has 9 nitrogen and oxygen atoms in total. The average molecular weight is 379 g/mol. The van der Waals surface area contributed by atoms with Crippen molar-refractivity contribution in [3.8, 4) is 5.82 Å². The summed E-state index contributed by atoms with van der Waals surface area (Å²) in [6.45, 7) is 3.45. The molecule has 144 valence electrons. The molecular weight excluding hydrogens is 358 g/mol. The topological polar surface area (TPSA) is 97.2 Å². The zero-order chi connectivity index (χ0) is 19.2. The monoisotopic (exact) mass is 379 g/mol. The number of nitrogens with zero attached hydrogens (tertiary/aromatic N) is 5. The molecule has 0 bridgehead atoms. The summed E-state index contributed by atoms with van der Waals surface area (Å²) in [5.41, 5.74) is 1.57. The minimum atomic E-state index is -0.293. The lowest BCUT2D eigenvalue weighted by molar-refractivity contribution is 0.122. The van der Waals surface area contributed by atoms with Crippen LogP contribution in [0.15, 0.2) is 55.1 Å². The molecule has 0 unspecified atom stereocenters. The van der Waals surface area contributed by atoms with Gasteiger partial charge in [0.2, 0.25) is 0 Å². The van der Waals surface area contributed by atoms with Crippen LogP contribution < -0.4 is 15.5 Å². The van der Waals surface area contributed by atoms with E-state index in [4.69, 9.17) is 4.74 Å². The number of nitrogens with one attached hydrogen (secondary N) is 2. The molecule has 0 radical (unpaired) electrons. The van der Waals surface area contributed by atoms with Gasteiger partial charge in [-0.15, -0.1) is 0 Å². The second kappa shape index (κ2) is 8.49. The van der Waals surface area contributed by atoms with Crippen molar-refractivity contribution in [2.75, 3.05) is 36.5 Å². The van der Waals surface area contributed by atoms with Crippen LogP contribution >= 0.6 is 0 Å². The van der Waals surface area contributed by atoms with Crippen molar-refractivity contribution in [1.29, 1.82) is 0 Å². The fourth-order valence-electron chi connectivity index (χ4n) is 2.90. The van der Waals surface area contributed by atoms with Gasteiger partial charge in [-0.05, 0) is 35.9 Å². The third-order valence-corrected chi connectivity index (χ3v) is 4.34. The number of amides is 2. The molecule has 0 aliphatic carbocycles. The number of carbonyl (C=O) groups is 1. The molecule has 1 aliphatic rings. The highest BCUT2D eigenvalue weighted by molar-refractivity contribution is 5.89. The summed E-state index contributed by atoms with van der Waals surface area (Å²) < 4.78 is 7.02. The fraction of sp³-hybridized carbons (Fsp3) is 0.263. The second-order valence-corrected chi connectivity index (χ2v) is 6.29. The van der Waals surface area contributed by atoms with Gasteiger partial charge < -0.3 is 20.3 Å². The molecule has 4 heterocycles. The predicted octanol–water partition coefficient (Wildman–Crippen LogP) is 1.82. The summed E-state index contributed by atoms with van der Waals surface area (Å²) in [7, 11) is 0. The van der Waals surface area contributed by atoms with Crippen molar-refractivity contribution in [2.24, 2.45) is 0 Å². The number of anilines is 2. The summed E-state index contributed by atoms with van der Waals surface area (Å²) >= 11 is 0. The van der Waals surface area contributed by atoms with Crippen LogP contribution in [-0.2, 0) is 11.3 Å². The Morgan fingerprint density at radius 3 is 2.75 bits per heavy atom. The Bertz CT molecular complexity index is 906. The molecule has 1 saturated heterocycles. The van der Waals surface area contributed by atoms with Crippen LogP contribution in [0.3, 0.4) is 0 Å². The third-order valence-electron chi connectivity index (χ3n) is 4.34. The first-order valence-corrected chi connectivity index (χ1v) is 9.06. The Labute approximate surface area is 162 Å². The molecule has 4 rings (SSSR count). The van der Waals surface area contributed by atoms with E-state index in [1.165, 1.54) is 0 Å². The van der Waals surface area contributed by atoms with Crippen molar-refractivity contribution in [1.82, 2.24) is 25.1 Å². The minimum Gasteiger partial charge on any atom is -0.378 e. The highest BCUT2D eigenvalue weighted by Gasteiger charge is 2.12. The van der Waals surface area contributed by atoms with Gasteiger partial charge in [0.1, 0.15) is 5.82 Å². The van der Waals surface area contributed by atoms with Crippen molar-refractivity contribution in [3.05, 3.63) is 60.7 Å². The lowest BCUT2D eigenvalue weighted by atomic mass is 10.2. The molecule has 3 aromatic rings. The maximum atomic E-state index is 12.2. The summed E-state index contributed by atoms with van der Waals surface area (Å²) in [5.74, 6) is 1.59. The lowest BCUT2D eigenvalue weighted by Crippen LogP contribution is -2.36. The van der Waals surface area contributed by atoms with Gasteiger partial charge in [-0.1, -0.05) is 0 Å². The molecule has 2 amide bonds. The SMILES string of the molecule is O=C(NCc1ccnc(-n2cccn2)c1)Nc1ccc(N2CCOCC2)nc1. The number of morpholine rings is 1. The lowest BCUT2D eigenvalue weighted by Gasteiger charge is -2.27. The van der Waals surface area contributed by atoms with Crippen LogP contribution in [0.2, 0.25) is 0 Å². The normalized spacial score (nSPS) is 13.9. The van der Waals surface area contributed by atoms with Gasteiger partial charge in [0, 0.05) is 38.2 Å². The third kappa shape index (κ3) is 4.44. The van der Waals surface area contributed by atoms with Gasteiger partial charge in [-0.3, -0.25) is 0 Å². The number of hydrogen-bond donors (Lipinski definition) is 2. The molecule has 0 atom stereocenters. The maximum absolute atomic E-state index is 12.2. The molecular formula is C19H21N7O2. The van der Waals surface area contributed by atoms with E-state index in [9.17, 15) is 4.79 Å². The van der Waals surface area contributed by atoms with E-state index in [-0.39, 0.29) is 6.03 Å². The van der Waals surface area contributed by atoms with E-state index in [1.54, 1.807) is 23.3 Å². The predicted molar refractivity (Wildman–Crippen MR) is 104 cm³/mol. The first-order chi connectivity index (χ1) is 13.8. The van der Waals surface area contributed by atoms with Crippen LogP contribution in [-0.4, -0.2) is 52.1 Å². The highest BCUT2D eigenvalue weighted by Crippen LogP contribution is 2.15. The Morgan fingerprint density at radius 1 is 1.11 bits per heavy atom. The van der Waals surface area contributed by atoms with Crippen molar-refractivity contribution in [2.45, 2.75) is 6.54 Å². The standard InChI is InChI=1S/C19H21N7O2/c27-19(22-13-15-4-6-20-18(12-15)26-7-1-5-23-26)24-16-2-3-17(21-14-16)25-8-10-28-11-9-25/h1-7,12,14H,8-11,13H2,(H2,22,24,27). The molecule has 1 fully saturated rings. The molecule has 2 N–H and O–H groups in total. The van der Waals surface area contributed by atoms with Gasteiger partial charge in [-0.2, -0.15) is 5.10 Å². The number of rotatable bonds is 5. The number of pyridine rings is 2. The minimum absolute atomic E-state index is 0.293. The zero-order valence-electron chi connectivity index (χ0n) is 15.3. The van der Waals surface area contributed by atoms with Gasteiger partial charge in [0.25, 0.3) is 0 Å². The van der Waals surface area contributed by atoms with E-state index in [0.717, 1.165) is 24.5 Å². The summed E-state index contributed by atoms with van der Waals surface area (Å²) in [5, 5.41) is 9.79. The van der Waals surface area contributed by atoms with Crippen molar-refractivity contribution in [3.63, 3.8) is 0 Å². The quantitative estimate of drug-likeness (QED) is 0.702. The van der Waals surface area contributed by atoms with E-state index < -0.39 is 0 Å². The first kappa shape index (κ1) is 17.9. The van der Waals surface area contributed by atoms with Crippen LogP contribution in [0.25, 0.3) is 5.82 Å². The summed E-state index contributed by atoms with van der Waals surface area (Å²) in [6.07, 6.45) is 6.87. The number of carbonyl (C=O) groups excluding carboxylic acids is 1. The molecule has 9 heteroatoms. The van der Waals surface area contributed by atoms with Crippen LogP contribution in [0.4, 0.5) is 16.3 Å². The molecule has 0 spiro atoms. The van der Waals surface area contributed by atoms with Gasteiger partial charge in [0.15, 0.2) is 5.82 Å². The number of ether oxygens (including phenoxy) is 1. The molecule has 1 aliphatic heterocycles. The highest BCUT2D eigenvalue weighted by atomic mass is 16.5. The van der Waals surface area contributed by atoms with Crippen molar-refractivity contribution >= 4 is 17.5 Å². The largest absolute Gasteiger partial charge is 0.378 e. The number of hydrogen-bond acceptors (Lipinski definition) is 6. The molecule has 3 aromatic heterocycles. The van der Waals surface area contributed by atoms with Gasteiger partial charge in [-0.25, -0.2) is 19.4 Å². The van der Waals surface area contributed by atoms with Crippen LogP contribution in [0.5, 0.6) is 0 Å². The van der Waals surface area contributed by atoms with Gasteiger partial charge in [0.05, 0.1) is 25.1 Å². The average Bonchev–Trinajstić information content (AvgIpc) is 3.29. The Morgan fingerprint density at radius 2 is 2.00 bits per heavy atom.